The molecule has 0 radical (unpaired) electrons. The van der Waals surface area contributed by atoms with Crippen LogP contribution in [0.5, 0.6) is 5.75 Å². The summed E-state index contributed by atoms with van der Waals surface area (Å²) in [5, 5.41) is 10.2. The number of thioether (sulfide) groups is 1. The van der Waals surface area contributed by atoms with Gasteiger partial charge in [-0.1, -0.05) is 32.0 Å². The zero-order chi connectivity index (χ0) is 24.3. The number of rotatable bonds is 8. The summed E-state index contributed by atoms with van der Waals surface area (Å²) < 4.78 is 104. The van der Waals surface area contributed by atoms with Gasteiger partial charge in [-0.3, -0.25) is 0 Å². The molecule has 1 N–H and O–H groups in total. The fourth-order valence-corrected chi connectivity index (χ4v) is 3.37. The molecule has 2 aromatic carbocycles. The Labute approximate surface area is 182 Å². The van der Waals surface area contributed by atoms with Crippen molar-refractivity contribution in [3.63, 3.8) is 0 Å². The van der Waals surface area contributed by atoms with Crippen molar-refractivity contribution in [2.45, 2.75) is 48.4 Å². The van der Waals surface area contributed by atoms with Gasteiger partial charge in [-0.2, -0.15) is 35.1 Å². The predicted octanol–water partition coefficient (Wildman–Crippen LogP) is 6.56. The molecule has 0 aliphatic heterocycles. The Morgan fingerprint density at radius 2 is 1.56 bits per heavy atom. The van der Waals surface area contributed by atoms with Crippen molar-refractivity contribution in [1.29, 1.82) is 0 Å². The highest BCUT2D eigenvalue weighted by Gasteiger charge is 2.58. The number of alkyl halides is 8. The van der Waals surface area contributed by atoms with Gasteiger partial charge in [-0.15, -0.1) is 11.8 Å². The number of hydrogen-bond acceptors (Lipinski definition) is 4. The zero-order valence-corrected chi connectivity index (χ0v) is 17.5. The van der Waals surface area contributed by atoms with Gasteiger partial charge in [0, 0.05) is 15.7 Å². The van der Waals surface area contributed by atoms with Crippen LogP contribution in [0.2, 0.25) is 0 Å². The molecule has 0 bridgehead atoms. The molecule has 0 aliphatic carbocycles. The molecule has 2 aromatic rings. The number of aliphatic hydroxyl groups is 1. The van der Waals surface area contributed by atoms with Crippen LogP contribution in [0.15, 0.2) is 53.4 Å². The van der Waals surface area contributed by atoms with Crippen LogP contribution in [-0.4, -0.2) is 35.4 Å². The number of anilines is 1. The molecule has 0 spiro atoms. The van der Waals surface area contributed by atoms with E-state index < -0.39 is 42.2 Å². The molecule has 178 valence electrons. The molecular formula is C20H19F8NO2S. The molecule has 32 heavy (non-hydrogen) atoms. The monoisotopic (exact) mass is 489 g/mol. The molecule has 1 atom stereocenters. The Morgan fingerprint density at radius 3 is 2.12 bits per heavy atom. The summed E-state index contributed by atoms with van der Waals surface area (Å²) in [7, 11) is 0. The Hall–Kier alpha value is -2.21. The maximum atomic E-state index is 13.7. The molecule has 0 unspecified atom stereocenters. The van der Waals surface area contributed by atoms with Gasteiger partial charge in [0.05, 0.1) is 12.2 Å². The third-order valence-corrected chi connectivity index (χ3v) is 4.96. The second-order valence-corrected chi connectivity index (χ2v) is 8.62. The number of nitrogens with zero attached hydrogens (tertiary/aromatic N) is 1. The average molecular weight is 489 g/mol. The second-order valence-electron chi connectivity index (χ2n) is 6.97. The van der Waals surface area contributed by atoms with Crippen LogP contribution in [0.4, 0.5) is 40.8 Å². The third-order valence-electron chi connectivity index (χ3n) is 3.96. The quantitative estimate of drug-likeness (QED) is 0.259. The van der Waals surface area contributed by atoms with Crippen LogP contribution in [0, 0.1) is 0 Å². The summed E-state index contributed by atoms with van der Waals surface area (Å²) in [5.74, 6) is -5.76. The van der Waals surface area contributed by atoms with Gasteiger partial charge >= 0.3 is 18.3 Å². The fourth-order valence-electron chi connectivity index (χ4n) is 2.48. The predicted molar refractivity (Wildman–Crippen MR) is 104 cm³/mol. The van der Waals surface area contributed by atoms with Crippen LogP contribution in [0.1, 0.15) is 19.4 Å². The molecule has 0 saturated heterocycles. The van der Waals surface area contributed by atoms with Crippen molar-refractivity contribution in [3.8, 4) is 5.75 Å². The van der Waals surface area contributed by atoms with Gasteiger partial charge in [0.1, 0.15) is 0 Å². The van der Waals surface area contributed by atoms with Crippen LogP contribution in [0.25, 0.3) is 0 Å². The minimum atomic E-state index is -5.87. The highest BCUT2D eigenvalue weighted by atomic mass is 32.2. The smallest absolute Gasteiger partial charge is 0.382 e. The zero-order valence-electron chi connectivity index (χ0n) is 16.7. The molecule has 0 fully saturated rings. The molecular weight excluding hydrogens is 470 g/mol. The molecule has 0 heterocycles. The highest BCUT2D eigenvalue weighted by molar-refractivity contribution is 7.99. The van der Waals surface area contributed by atoms with Gasteiger partial charge in [-0.25, -0.2) is 5.06 Å². The number of hydrogen-bond donors (Lipinski definition) is 1. The molecule has 0 aromatic heterocycles. The summed E-state index contributed by atoms with van der Waals surface area (Å²) in [4.78, 5) is 5.88. The van der Waals surface area contributed by atoms with E-state index in [9.17, 15) is 40.2 Å². The van der Waals surface area contributed by atoms with E-state index in [0.29, 0.717) is 22.1 Å². The van der Waals surface area contributed by atoms with E-state index in [1.807, 2.05) is 13.8 Å². The summed E-state index contributed by atoms with van der Waals surface area (Å²) >= 11 is 1.38. The number of aliphatic hydroxyl groups excluding tert-OH is 1. The fraction of sp³-hybridized carbons (Fsp3) is 0.400. The SMILES string of the molecule is CC(C)Sc1cccc(N(C[C@H](O)C(F)(F)F)Oc2cccc(C(F)(F)C(F)(F)F)c2)c1. The maximum absolute atomic E-state index is 13.7. The van der Waals surface area contributed by atoms with Gasteiger partial charge in [0.15, 0.2) is 11.9 Å². The lowest BCUT2D eigenvalue weighted by Gasteiger charge is -2.28. The van der Waals surface area contributed by atoms with E-state index in [1.54, 1.807) is 6.07 Å². The number of hydroxylamine groups is 1. The van der Waals surface area contributed by atoms with E-state index in [-0.39, 0.29) is 10.9 Å². The van der Waals surface area contributed by atoms with E-state index in [2.05, 4.69) is 0 Å². The largest absolute Gasteiger partial charge is 0.458 e. The van der Waals surface area contributed by atoms with Gasteiger partial charge < -0.3 is 9.94 Å². The Balaban J connectivity index is 2.41. The van der Waals surface area contributed by atoms with Gasteiger partial charge in [0.25, 0.3) is 0 Å². The first-order chi connectivity index (χ1) is 14.6. The van der Waals surface area contributed by atoms with E-state index in [4.69, 9.17) is 4.84 Å². The van der Waals surface area contributed by atoms with Crippen LogP contribution in [-0.2, 0) is 5.92 Å². The molecule has 2 rings (SSSR count). The Kier molecular flexibility index (Phi) is 7.92. The van der Waals surface area contributed by atoms with Crippen LogP contribution >= 0.6 is 11.8 Å². The van der Waals surface area contributed by atoms with E-state index in [0.717, 1.165) is 12.1 Å². The molecule has 0 aliphatic rings. The minimum absolute atomic E-state index is 0.0342. The number of halogens is 8. The van der Waals surface area contributed by atoms with Crippen molar-refractivity contribution in [2.75, 3.05) is 11.6 Å². The third kappa shape index (κ3) is 6.64. The molecule has 3 nitrogen and oxygen atoms in total. The number of benzene rings is 2. The maximum Gasteiger partial charge on any atom is 0.458 e. The first-order valence-electron chi connectivity index (χ1n) is 9.13. The summed E-state index contributed by atoms with van der Waals surface area (Å²) in [6.45, 7) is 2.61. The van der Waals surface area contributed by atoms with E-state index in [1.165, 1.54) is 30.0 Å². The minimum Gasteiger partial charge on any atom is -0.382 e. The highest BCUT2D eigenvalue weighted by Crippen LogP contribution is 2.44. The summed E-state index contributed by atoms with van der Waals surface area (Å²) in [6.07, 6.45) is -13.8. The van der Waals surface area contributed by atoms with Crippen molar-refractivity contribution >= 4 is 17.4 Å². The normalized spacial score (nSPS) is 13.9. The molecule has 12 heteroatoms. The Bertz CT molecular complexity index is 902. The van der Waals surface area contributed by atoms with Crippen molar-refractivity contribution < 1.29 is 45.1 Å². The summed E-state index contributed by atoms with van der Waals surface area (Å²) in [5.41, 5.74) is -1.41. The van der Waals surface area contributed by atoms with Crippen molar-refractivity contribution in [3.05, 3.63) is 54.1 Å². The van der Waals surface area contributed by atoms with Gasteiger partial charge in [0.2, 0.25) is 0 Å². The topological polar surface area (TPSA) is 32.7 Å². The lowest BCUT2D eigenvalue weighted by Crippen LogP contribution is -2.42. The lowest BCUT2D eigenvalue weighted by atomic mass is 10.1. The standard InChI is InChI=1S/C20H19F8NO2S/c1-12(2)32-16-8-4-6-14(10-16)29(11-17(30)19(23,24)25)31-15-7-3-5-13(9-15)18(21,22)20(26,27)28/h3-10,12,17,30H,11H2,1-2H3/t17-/m0/s1. The molecule has 0 amide bonds. The van der Waals surface area contributed by atoms with Crippen LogP contribution < -0.4 is 9.90 Å². The van der Waals surface area contributed by atoms with Crippen molar-refractivity contribution in [2.24, 2.45) is 0 Å². The first-order valence-corrected chi connectivity index (χ1v) is 10.0. The average Bonchev–Trinajstić information content (AvgIpc) is 2.65. The van der Waals surface area contributed by atoms with E-state index >= 15 is 0 Å². The second kappa shape index (κ2) is 9.74. The van der Waals surface area contributed by atoms with Gasteiger partial charge in [-0.05, 0) is 30.3 Å². The summed E-state index contributed by atoms with van der Waals surface area (Å²) in [6, 6.07) is 8.75. The molecule has 0 saturated carbocycles. The van der Waals surface area contributed by atoms with Crippen molar-refractivity contribution in [1.82, 2.24) is 0 Å². The first kappa shape index (κ1) is 26.0. The Morgan fingerprint density at radius 1 is 0.938 bits per heavy atom. The lowest BCUT2D eigenvalue weighted by molar-refractivity contribution is -0.289. The van der Waals surface area contributed by atoms with Crippen LogP contribution in [0.3, 0.4) is 0 Å².